The van der Waals surface area contributed by atoms with Crippen LogP contribution in [-0.4, -0.2) is 28.9 Å². The summed E-state index contributed by atoms with van der Waals surface area (Å²) in [5.74, 6) is -1.10. The highest BCUT2D eigenvalue weighted by molar-refractivity contribution is 6.06. The average molecular weight is 235 g/mol. The van der Waals surface area contributed by atoms with Gasteiger partial charge in [0.25, 0.3) is 0 Å². The minimum atomic E-state index is -0.527. The van der Waals surface area contributed by atoms with Crippen LogP contribution in [0.15, 0.2) is 30.5 Å². The van der Waals surface area contributed by atoms with E-state index in [1.165, 1.54) is 12.1 Å². The highest BCUT2D eigenvalue weighted by atomic mass is 19.1. The molecule has 1 aromatic carbocycles. The fourth-order valence-electron chi connectivity index (χ4n) is 1.86. The van der Waals surface area contributed by atoms with Gasteiger partial charge in [-0.3, -0.25) is 4.79 Å². The summed E-state index contributed by atoms with van der Waals surface area (Å²) in [6, 6.07) is 3.36. The third kappa shape index (κ3) is 2.84. The first-order valence-corrected chi connectivity index (χ1v) is 5.62. The second kappa shape index (κ2) is 4.99. The zero-order valence-electron chi connectivity index (χ0n) is 9.40. The number of phenols is 1. The number of allylic oxidation sites excluding steroid dienone is 1. The maximum atomic E-state index is 13.0. The van der Waals surface area contributed by atoms with Crippen LogP contribution >= 0.6 is 0 Å². The Morgan fingerprint density at radius 2 is 2.06 bits per heavy atom. The summed E-state index contributed by atoms with van der Waals surface area (Å²) in [6.07, 6.45) is 5.34. The molecule has 0 spiro atoms. The van der Waals surface area contributed by atoms with Crippen molar-refractivity contribution in [2.24, 2.45) is 0 Å². The van der Waals surface area contributed by atoms with Gasteiger partial charge in [-0.2, -0.15) is 0 Å². The van der Waals surface area contributed by atoms with E-state index in [-0.39, 0.29) is 17.1 Å². The molecule has 17 heavy (non-hydrogen) atoms. The number of likely N-dealkylation sites (tertiary alicyclic amines) is 1. The number of rotatable bonds is 3. The van der Waals surface area contributed by atoms with Gasteiger partial charge >= 0.3 is 0 Å². The lowest BCUT2D eigenvalue weighted by Crippen LogP contribution is -2.11. The Morgan fingerprint density at radius 1 is 1.35 bits per heavy atom. The van der Waals surface area contributed by atoms with Crippen LogP contribution in [-0.2, 0) is 0 Å². The van der Waals surface area contributed by atoms with Crippen molar-refractivity contribution in [3.63, 3.8) is 0 Å². The van der Waals surface area contributed by atoms with Gasteiger partial charge in [0.2, 0.25) is 0 Å². The largest absolute Gasteiger partial charge is 0.507 e. The maximum absolute atomic E-state index is 13.0. The van der Waals surface area contributed by atoms with Crippen LogP contribution in [0, 0.1) is 5.82 Å². The molecule has 0 unspecified atom stereocenters. The second-order valence-electron chi connectivity index (χ2n) is 4.08. The van der Waals surface area contributed by atoms with E-state index in [9.17, 15) is 14.3 Å². The second-order valence-corrected chi connectivity index (χ2v) is 4.08. The Balaban J connectivity index is 2.10. The number of hydrogen-bond donors (Lipinski definition) is 1. The minimum Gasteiger partial charge on any atom is -0.507 e. The van der Waals surface area contributed by atoms with Crippen LogP contribution in [0.1, 0.15) is 23.2 Å². The van der Waals surface area contributed by atoms with Crippen molar-refractivity contribution in [3.05, 3.63) is 41.9 Å². The van der Waals surface area contributed by atoms with Crippen molar-refractivity contribution in [3.8, 4) is 5.75 Å². The first-order valence-electron chi connectivity index (χ1n) is 5.62. The number of carbonyl (C=O) groups is 1. The number of ketones is 1. The average Bonchev–Trinajstić information content (AvgIpc) is 2.82. The lowest BCUT2D eigenvalue weighted by molar-refractivity contribution is 0.104. The Bertz CT molecular complexity index is 451. The smallest absolute Gasteiger partial charge is 0.191 e. The fourth-order valence-corrected chi connectivity index (χ4v) is 1.86. The van der Waals surface area contributed by atoms with Crippen molar-refractivity contribution >= 4 is 5.78 Å². The van der Waals surface area contributed by atoms with E-state index < -0.39 is 5.82 Å². The fraction of sp³-hybridized carbons (Fsp3) is 0.308. The van der Waals surface area contributed by atoms with E-state index in [1.54, 1.807) is 6.20 Å². The summed E-state index contributed by atoms with van der Waals surface area (Å²) in [5, 5.41) is 9.46. The van der Waals surface area contributed by atoms with Gasteiger partial charge in [-0.05, 0) is 31.0 Å². The van der Waals surface area contributed by atoms with Gasteiger partial charge in [-0.25, -0.2) is 4.39 Å². The molecule has 0 aromatic heterocycles. The van der Waals surface area contributed by atoms with Crippen LogP contribution in [0.3, 0.4) is 0 Å². The van der Waals surface area contributed by atoms with Gasteiger partial charge < -0.3 is 10.0 Å². The van der Waals surface area contributed by atoms with E-state index in [4.69, 9.17) is 0 Å². The van der Waals surface area contributed by atoms with Gasteiger partial charge in [-0.1, -0.05) is 0 Å². The molecule has 3 nitrogen and oxygen atoms in total. The highest BCUT2D eigenvalue weighted by Crippen LogP contribution is 2.19. The van der Waals surface area contributed by atoms with Crippen molar-refractivity contribution in [1.82, 2.24) is 4.90 Å². The zero-order valence-corrected chi connectivity index (χ0v) is 9.40. The van der Waals surface area contributed by atoms with Gasteiger partial charge in [-0.15, -0.1) is 0 Å². The van der Waals surface area contributed by atoms with E-state index in [2.05, 4.69) is 0 Å². The maximum Gasteiger partial charge on any atom is 0.191 e. The molecule has 0 aliphatic carbocycles. The van der Waals surface area contributed by atoms with E-state index in [0.29, 0.717) is 0 Å². The number of nitrogens with zero attached hydrogens (tertiary/aromatic N) is 1. The Morgan fingerprint density at radius 3 is 2.76 bits per heavy atom. The summed E-state index contributed by atoms with van der Waals surface area (Å²) in [6.45, 7) is 1.89. The first kappa shape index (κ1) is 11.6. The van der Waals surface area contributed by atoms with E-state index in [0.717, 1.165) is 38.1 Å². The molecule has 1 fully saturated rings. The van der Waals surface area contributed by atoms with E-state index in [1.807, 2.05) is 4.90 Å². The topological polar surface area (TPSA) is 40.5 Å². The first-order chi connectivity index (χ1) is 8.16. The van der Waals surface area contributed by atoms with E-state index >= 15 is 0 Å². The molecule has 1 aromatic rings. The lowest BCUT2D eigenvalue weighted by Gasteiger charge is -2.09. The third-order valence-corrected chi connectivity index (χ3v) is 2.80. The molecular formula is C13H14FNO2. The molecule has 0 atom stereocenters. The SMILES string of the molecule is O=C(C=CN1CCCC1)c1cc(F)ccc1O. The number of carbonyl (C=O) groups excluding carboxylic acids is 1. The molecule has 0 amide bonds. The molecule has 0 radical (unpaired) electrons. The van der Waals surface area contributed by atoms with Crippen LogP contribution in [0.5, 0.6) is 5.75 Å². The normalized spacial score (nSPS) is 15.7. The van der Waals surface area contributed by atoms with Crippen molar-refractivity contribution < 1.29 is 14.3 Å². The van der Waals surface area contributed by atoms with Crippen LogP contribution < -0.4 is 0 Å². The van der Waals surface area contributed by atoms with Gasteiger partial charge in [0, 0.05) is 25.4 Å². The summed E-state index contributed by atoms with van der Waals surface area (Å²) in [4.78, 5) is 13.8. The molecular weight excluding hydrogens is 221 g/mol. The number of halogens is 1. The van der Waals surface area contributed by atoms with Gasteiger partial charge in [0.05, 0.1) is 5.56 Å². The van der Waals surface area contributed by atoms with Crippen molar-refractivity contribution in [2.45, 2.75) is 12.8 Å². The summed E-state index contributed by atoms with van der Waals surface area (Å²) < 4.78 is 13.0. The number of hydrogen-bond acceptors (Lipinski definition) is 3. The van der Waals surface area contributed by atoms with Crippen LogP contribution in [0.2, 0.25) is 0 Å². The number of phenolic OH excluding ortho intramolecular Hbond substituents is 1. The highest BCUT2D eigenvalue weighted by Gasteiger charge is 2.11. The minimum absolute atomic E-state index is 0.000414. The predicted octanol–water partition coefficient (Wildman–Crippen LogP) is 2.32. The summed E-state index contributed by atoms with van der Waals surface area (Å²) in [7, 11) is 0. The lowest BCUT2D eigenvalue weighted by atomic mass is 10.1. The molecule has 1 aliphatic rings. The number of benzene rings is 1. The van der Waals surface area contributed by atoms with Gasteiger partial charge in [0.15, 0.2) is 5.78 Å². The molecule has 1 heterocycles. The van der Waals surface area contributed by atoms with Gasteiger partial charge in [0.1, 0.15) is 11.6 Å². The third-order valence-electron chi connectivity index (χ3n) is 2.80. The van der Waals surface area contributed by atoms with Crippen molar-refractivity contribution in [1.29, 1.82) is 0 Å². The zero-order chi connectivity index (χ0) is 12.3. The number of aromatic hydroxyl groups is 1. The molecule has 4 heteroatoms. The Labute approximate surface area is 99.2 Å². The molecule has 1 aliphatic heterocycles. The van der Waals surface area contributed by atoms with Crippen LogP contribution in [0.25, 0.3) is 0 Å². The standard InChI is InChI=1S/C13H14FNO2/c14-10-3-4-12(16)11(9-10)13(17)5-8-15-6-1-2-7-15/h3-5,8-9,16H,1-2,6-7H2. The molecule has 90 valence electrons. The monoisotopic (exact) mass is 235 g/mol. The van der Waals surface area contributed by atoms with Crippen molar-refractivity contribution in [2.75, 3.05) is 13.1 Å². The quantitative estimate of drug-likeness (QED) is 0.645. The molecule has 2 rings (SSSR count). The molecule has 0 saturated carbocycles. The summed E-state index contributed by atoms with van der Waals surface area (Å²) in [5.41, 5.74) is 0.000414. The Hall–Kier alpha value is -1.84. The molecule has 1 N–H and O–H groups in total. The predicted molar refractivity (Wildman–Crippen MR) is 62.3 cm³/mol. The van der Waals surface area contributed by atoms with Crippen LogP contribution in [0.4, 0.5) is 4.39 Å². The molecule has 0 bridgehead atoms. The summed E-state index contributed by atoms with van der Waals surface area (Å²) >= 11 is 0. The molecule has 1 saturated heterocycles. The Kier molecular flexibility index (Phi) is 3.42.